The average molecular weight is 340 g/mol. The van der Waals surface area contributed by atoms with Crippen molar-refractivity contribution >= 4 is 10.8 Å². The minimum atomic E-state index is -1.20. The van der Waals surface area contributed by atoms with Gasteiger partial charge in [-0.2, -0.15) is 0 Å². The van der Waals surface area contributed by atoms with E-state index in [9.17, 15) is 9.32 Å². The normalized spacial score (nSPS) is 28.5. The molecular formula is C18H28O4S. The Morgan fingerprint density at radius 1 is 1.17 bits per heavy atom. The van der Waals surface area contributed by atoms with Crippen LogP contribution < -0.4 is 0 Å². The highest BCUT2D eigenvalue weighted by molar-refractivity contribution is 7.85. The van der Waals surface area contributed by atoms with Crippen molar-refractivity contribution in [1.29, 1.82) is 0 Å². The summed E-state index contributed by atoms with van der Waals surface area (Å²) < 4.78 is 24.3. The second-order valence-corrected chi connectivity index (χ2v) is 8.17. The first-order valence-corrected chi connectivity index (χ1v) is 9.63. The molecule has 0 saturated carbocycles. The highest BCUT2D eigenvalue weighted by Gasteiger charge is 2.42. The predicted octanol–water partition coefficient (Wildman–Crippen LogP) is 3.17. The lowest BCUT2D eigenvalue weighted by Gasteiger charge is -2.44. The first kappa shape index (κ1) is 18.6. The van der Waals surface area contributed by atoms with Crippen LogP contribution in [0.1, 0.15) is 45.6 Å². The average Bonchev–Trinajstić information content (AvgIpc) is 2.49. The fourth-order valence-corrected chi connectivity index (χ4v) is 4.03. The van der Waals surface area contributed by atoms with E-state index in [4.69, 9.17) is 9.47 Å². The number of aryl methyl sites for hydroxylation is 1. The summed E-state index contributed by atoms with van der Waals surface area (Å²) in [5.74, 6) is -0.487. The molecule has 1 aliphatic rings. The van der Waals surface area contributed by atoms with Crippen molar-refractivity contribution in [1.82, 2.24) is 0 Å². The molecule has 0 aromatic heterocycles. The summed E-state index contributed by atoms with van der Waals surface area (Å²) in [5.41, 5.74) is 1.13. The smallest absolute Gasteiger partial charge is 0.163 e. The van der Waals surface area contributed by atoms with Crippen LogP contribution in [0.4, 0.5) is 0 Å². The zero-order valence-corrected chi connectivity index (χ0v) is 15.3. The highest BCUT2D eigenvalue weighted by atomic mass is 32.2. The third kappa shape index (κ3) is 5.11. The molecule has 23 heavy (non-hydrogen) atoms. The van der Waals surface area contributed by atoms with Gasteiger partial charge in [0.2, 0.25) is 0 Å². The molecule has 1 saturated heterocycles. The molecular weight excluding hydrogens is 312 g/mol. The Morgan fingerprint density at radius 2 is 1.78 bits per heavy atom. The summed E-state index contributed by atoms with van der Waals surface area (Å²) in [6.45, 7) is 7.80. The lowest BCUT2D eigenvalue weighted by atomic mass is 10.0. The molecule has 0 bridgehead atoms. The third-order valence-electron chi connectivity index (χ3n) is 4.07. The molecule has 1 aliphatic heterocycles. The van der Waals surface area contributed by atoms with Crippen molar-refractivity contribution in [2.24, 2.45) is 0 Å². The van der Waals surface area contributed by atoms with Crippen LogP contribution in [0.5, 0.6) is 0 Å². The molecule has 1 aromatic carbocycles. The van der Waals surface area contributed by atoms with E-state index in [2.05, 4.69) is 6.92 Å². The molecule has 0 spiro atoms. The minimum Gasteiger partial charge on any atom is -0.388 e. The number of benzene rings is 1. The topological polar surface area (TPSA) is 55.8 Å². The van der Waals surface area contributed by atoms with Gasteiger partial charge in [-0.1, -0.05) is 37.5 Å². The van der Waals surface area contributed by atoms with Gasteiger partial charge in [0.15, 0.2) is 5.79 Å². The summed E-state index contributed by atoms with van der Waals surface area (Å²) in [4.78, 5) is 0.765. The molecule has 1 N–H and O–H groups in total. The van der Waals surface area contributed by atoms with Crippen LogP contribution in [-0.4, -0.2) is 39.2 Å². The molecule has 1 fully saturated rings. The van der Waals surface area contributed by atoms with Gasteiger partial charge in [-0.05, 0) is 39.3 Å². The van der Waals surface area contributed by atoms with Crippen molar-refractivity contribution in [2.45, 2.75) is 76.0 Å². The van der Waals surface area contributed by atoms with E-state index >= 15 is 0 Å². The lowest BCUT2D eigenvalue weighted by molar-refractivity contribution is -0.328. The molecule has 130 valence electrons. The molecule has 4 atom stereocenters. The van der Waals surface area contributed by atoms with E-state index in [-0.39, 0.29) is 11.9 Å². The Morgan fingerprint density at radius 3 is 2.39 bits per heavy atom. The van der Waals surface area contributed by atoms with Crippen LogP contribution in [0.2, 0.25) is 0 Å². The monoisotopic (exact) mass is 340 g/mol. The summed E-state index contributed by atoms with van der Waals surface area (Å²) in [7, 11) is -1.20. The molecule has 0 amide bonds. The summed E-state index contributed by atoms with van der Waals surface area (Å²) in [5, 5.41) is 10.5. The molecule has 4 nitrogen and oxygen atoms in total. The van der Waals surface area contributed by atoms with Gasteiger partial charge in [-0.25, -0.2) is 0 Å². The molecule has 0 radical (unpaired) electrons. The zero-order chi connectivity index (χ0) is 17.0. The Hall–Kier alpha value is -0.750. The summed E-state index contributed by atoms with van der Waals surface area (Å²) in [6, 6.07) is 7.64. The number of hydrogen-bond donors (Lipinski definition) is 1. The fraction of sp³-hybridized carbons (Fsp3) is 0.667. The van der Waals surface area contributed by atoms with Gasteiger partial charge in [0.05, 0.1) is 22.7 Å². The molecule has 0 aliphatic carbocycles. The molecule has 1 unspecified atom stereocenters. The van der Waals surface area contributed by atoms with E-state index in [1.807, 2.05) is 45.0 Å². The maximum Gasteiger partial charge on any atom is 0.163 e. The van der Waals surface area contributed by atoms with E-state index in [1.165, 1.54) is 0 Å². The lowest BCUT2D eigenvalue weighted by Crippen LogP contribution is -2.55. The van der Waals surface area contributed by atoms with Crippen molar-refractivity contribution in [2.75, 3.05) is 5.75 Å². The summed E-state index contributed by atoms with van der Waals surface area (Å²) in [6.07, 6.45) is 1.34. The van der Waals surface area contributed by atoms with Gasteiger partial charge in [-0.15, -0.1) is 0 Å². The first-order chi connectivity index (χ1) is 10.8. The molecule has 2 rings (SSSR count). The maximum absolute atomic E-state index is 12.6. The zero-order valence-electron chi connectivity index (χ0n) is 14.5. The van der Waals surface area contributed by atoms with Gasteiger partial charge in [0.1, 0.15) is 12.2 Å². The van der Waals surface area contributed by atoms with Crippen LogP contribution in [0.25, 0.3) is 0 Å². The third-order valence-corrected chi connectivity index (χ3v) is 5.50. The van der Waals surface area contributed by atoms with Crippen LogP contribution in [0.3, 0.4) is 0 Å². The van der Waals surface area contributed by atoms with Gasteiger partial charge in [0, 0.05) is 4.90 Å². The largest absolute Gasteiger partial charge is 0.388 e. The van der Waals surface area contributed by atoms with Gasteiger partial charge >= 0.3 is 0 Å². The number of hydrogen-bond acceptors (Lipinski definition) is 4. The van der Waals surface area contributed by atoms with Gasteiger partial charge in [-0.3, -0.25) is 4.21 Å². The Kier molecular flexibility index (Phi) is 6.37. The van der Waals surface area contributed by atoms with Crippen molar-refractivity contribution in [3.63, 3.8) is 0 Å². The minimum absolute atomic E-state index is 0.265. The number of aliphatic hydroxyl groups excluding tert-OH is 1. The quantitative estimate of drug-likeness (QED) is 0.864. The number of unbranched alkanes of at least 4 members (excludes halogenated alkanes) is 1. The standard InChI is InChI=1S/C18H28O4S/c1-5-6-7-15-17(19)16(22-18(3,4)21-15)12-23(20)14-10-8-13(2)9-11-14/h8-11,15-17,19H,5-7,12H2,1-4H3/t15-,16+,17+,23?/m0/s1. The SMILES string of the molecule is CCCC[C@@H]1OC(C)(C)O[C@H](CS(=O)c2ccc(C)cc2)[C@@H]1O. The second-order valence-electron chi connectivity index (χ2n) is 6.67. The van der Waals surface area contributed by atoms with E-state index in [1.54, 1.807) is 0 Å². The second kappa shape index (κ2) is 7.88. The van der Waals surface area contributed by atoms with Crippen molar-refractivity contribution in [3.8, 4) is 0 Å². The maximum atomic E-state index is 12.6. The van der Waals surface area contributed by atoms with E-state index in [0.717, 1.165) is 29.7 Å². The Labute approximate surface area is 141 Å². The van der Waals surface area contributed by atoms with Gasteiger partial charge < -0.3 is 14.6 Å². The van der Waals surface area contributed by atoms with E-state index < -0.39 is 28.8 Å². The van der Waals surface area contributed by atoms with Crippen LogP contribution >= 0.6 is 0 Å². The Bertz CT molecular complexity index is 526. The molecule has 1 heterocycles. The molecule has 1 aromatic rings. The Balaban J connectivity index is 2.07. The van der Waals surface area contributed by atoms with E-state index in [0.29, 0.717) is 0 Å². The first-order valence-electron chi connectivity index (χ1n) is 8.31. The van der Waals surface area contributed by atoms with Crippen molar-refractivity contribution in [3.05, 3.63) is 29.8 Å². The number of ether oxygens (including phenoxy) is 2. The summed E-state index contributed by atoms with van der Waals surface area (Å²) >= 11 is 0. The number of rotatable bonds is 6. The van der Waals surface area contributed by atoms with Crippen LogP contribution in [0, 0.1) is 6.92 Å². The number of aliphatic hydroxyl groups is 1. The van der Waals surface area contributed by atoms with Crippen LogP contribution in [0.15, 0.2) is 29.2 Å². The van der Waals surface area contributed by atoms with Crippen molar-refractivity contribution < 1.29 is 18.8 Å². The fourth-order valence-electron chi connectivity index (χ4n) is 2.84. The molecule has 5 heteroatoms. The van der Waals surface area contributed by atoms with Gasteiger partial charge in [0.25, 0.3) is 0 Å². The van der Waals surface area contributed by atoms with Crippen LogP contribution in [-0.2, 0) is 20.3 Å². The predicted molar refractivity (Wildman–Crippen MR) is 91.8 cm³/mol. The highest BCUT2D eigenvalue weighted by Crippen LogP contribution is 2.30.